The van der Waals surface area contributed by atoms with Gasteiger partial charge in [-0.2, -0.15) is 0 Å². The molecule has 3 aromatic rings. The van der Waals surface area contributed by atoms with Crippen LogP contribution in [0.15, 0.2) is 84.9 Å². The molecule has 0 unspecified atom stereocenters. The predicted molar refractivity (Wildman–Crippen MR) is 141 cm³/mol. The summed E-state index contributed by atoms with van der Waals surface area (Å²) in [6, 6.07) is 24.4. The van der Waals surface area contributed by atoms with Gasteiger partial charge in [0.05, 0.1) is 23.1 Å². The minimum absolute atomic E-state index is 0.0891. The zero-order valence-corrected chi connectivity index (χ0v) is 21.0. The maximum Gasteiger partial charge on any atom is 0.338 e. The van der Waals surface area contributed by atoms with Gasteiger partial charge >= 0.3 is 5.97 Å². The maximum atomic E-state index is 13.4. The number of hydrogen-bond acceptors (Lipinski definition) is 6. The number of rotatable bonds is 6. The van der Waals surface area contributed by atoms with E-state index in [1.54, 1.807) is 42.5 Å². The summed E-state index contributed by atoms with van der Waals surface area (Å²) < 4.78 is 5.07. The Hall–Kier alpha value is -4.79. The minimum Gasteiger partial charge on any atom is -0.452 e. The summed E-state index contributed by atoms with van der Waals surface area (Å²) in [5.74, 6) is -3.12. The molecular weight excluding hydrogens is 498 g/mol. The standard InChI is InChI=1S/C30H27N3O6/c34-26(31-32-27(35)20-10-5-2-6-11-20)18-39-30(38)22-12-7-13-23(16-22)33-28(36)24-15-14-21(17-25(24)29(33)37)19-8-3-1-4-9-19/h1-13,16,21,24-25H,14-15,17-18H2,(H,31,34)(H,32,35)/t21-,24-,25-/m1/s1. The van der Waals surface area contributed by atoms with Crippen LogP contribution < -0.4 is 15.8 Å². The van der Waals surface area contributed by atoms with Crippen LogP contribution >= 0.6 is 0 Å². The Morgan fingerprint density at radius 3 is 2.18 bits per heavy atom. The maximum absolute atomic E-state index is 13.4. The van der Waals surface area contributed by atoms with Gasteiger partial charge in [0, 0.05) is 5.56 Å². The zero-order chi connectivity index (χ0) is 27.4. The van der Waals surface area contributed by atoms with Crippen LogP contribution in [0.2, 0.25) is 0 Å². The number of imide groups is 1. The molecule has 4 amide bonds. The van der Waals surface area contributed by atoms with Crippen LogP contribution in [0.4, 0.5) is 5.69 Å². The number of carbonyl (C=O) groups excluding carboxylic acids is 5. The third kappa shape index (κ3) is 5.57. The molecule has 3 aromatic carbocycles. The quantitative estimate of drug-likeness (QED) is 0.289. The van der Waals surface area contributed by atoms with Crippen LogP contribution in [-0.4, -0.2) is 36.2 Å². The summed E-state index contributed by atoms with van der Waals surface area (Å²) in [5, 5.41) is 0. The largest absolute Gasteiger partial charge is 0.452 e. The third-order valence-corrected chi connectivity index (χ3v) is 7.22. The summed E-state index contributed by atoms with van der Waals surface area (Å²) in [6.45, 7) is -0.634. The van der Waals surface area contributed by atoms with Crippen LogP contribution in [-0.2, 0) is 19.1 Å². The normalized spacial score (nSPS) is 20.2. The molecule has 2 fully saturated rings. The molecule has 9 nitrogen and oxygen atoms in total. The van der Waals surface area contributed by atoms with Crippen molar-refractivity contribution in [2.45, 2.75) is 25.2 Å². The van der Waals surface area contributed by atoms with Crippen molar-refractivity contribution >= 4 is 35.3 Å². The lowest BCUT2D eigenvalue weighted by Crippen LogP contribution is -2.43. The first-order valence-corrected chi connectivity index (χ1v) is 12.8. The van der Waals surface area contributed by atoms with Crippen LogP contribution in [0.1, 0.15) is 51.5 Å². The highest BCUT2D eigenvalue weighted by atomic mass is 16.5. The lowest BCUT2D eigenvalue weighted by molar-refractivity contribution is -0.125. The SMILES string of the molecule is O=C(COC(=O)c1cccc(N2C(=O)[C@@H]3CC[C@@H](c4ccccc4)C[C@H]3C2=O)c1)NNC(=O)c1ccccc1. The van der Waals surface area contributed by atoms with Gasteiger partial charge in [-0.05, 0) is 61.1 Å². The molecule has 1 heterocycles. The fourth-order valence-corrected chi connectivity index (χ4v) is 5.27. The molecule has 198 valence electrons. The minimum atomic E-state index is -0.804. The first kappa shape index (κ1) is 25.8. The van der Waals surface area contributed by atoms with Crippen molar-refractivity contribution in [3.05, 3.63) is 102 Å². The fourth-order valence-electron chi connectivity index (χ4n) is 5.27. The van der Waals surface area contributed by atoms with Crippen molar-refractivity contribution in [3.8, 4) is 0 Å². The number of esters is 1. The number of carbonyl (C=O) groups is 5. The highest BCUT2D eigenvalue weighted by molar-refractivity contribution is 6.22. The molecule has 2 N–H and O–H groups in total. The van der Waals surface area contributed by atoms with E-state index in [0.29, 0.717) is 24.1 Å². The Kier molecular flexibility index (Phi) is 7.49. The van der Waals surface area contributed by atoms with Gasteiger partial charge in [0.2, 0.25) is 11.8 Å². The number of nitrogens with one attached hydrogen (secondary N) is 2. The molecule has 9 heteroatoms. The Bertz CT molecular complexity index is 1410. The van der Waals surface area contributed by atoms with Crippen LogP contribution in [0.25, 0.3) is 0 Å². The number of fused-ring (bicyclic) bond motifs is 1. The highest BCUT2D eigenvalue weighted by Gasteiger charge is 2.50. The van der Waals surface area contributed by atoms with Crippen molar-refractivity contribution in [3.63, 3.8) is 0 Å². The van der Waals surface area contributed by atoms with E-state index in [0.717, 1.165) is 6.42 Å². The number of hydrogen-bond donors (Lipinski definition) is 2. The second kappa shape index (κ2) is 11.3. The molecule has 3 atom stereocenters. The van der Waals surface area contributed by atoms with E-state index in [4.69, 9.17) is 4.74 Å². The smallest absolute Gasteiger partial charge is 0.338 e. The molecule has 5 rings (SSSR count). The molecule has 0 aromatic heterocycles. The van der Waals surface area contributed by atoms with E-state index in [-0.39, 0.29) is 29.2 Å². The van der Waals surface area contributed by atoms with Crippen molar-refractivity contribution < 1.29 is 28.7 Å². The van der Waals surface area contributed by atoms with Gasteiger partial charge in [0.25, 0.3) is 11.8 Å². The first-order valence-electron chi connectivity index (χ1n) is 12.8. The van der Waals surface area contributed by atoms with Crippen molar-refractivity contribution in [1.82, 2.24) is 10.9 Å². The van der Waals surface area contributed by atoms with Crippen LogP contribution in [0.3, 0.4) is 0 Å². The van der Waals surface area contributed by atoms with E-state index in [1.807, 2.05) is 18.2 Å². The monoisotopic (exact) mass is 525 g/mol. The van der Waals surface area contributed by atoms with Crippen LogP contribution in [0, 0.1) is 11.8 Å². The third-order valence-electron chi connectivity index (χ3n) is 7.22. The molecule has 2 aliphatic rings. The predicted octanol–water partition coefficient (Wildman–Crippen LogP) is 3.38. The molecule has 1 saturated carbocycles. The average molecular weight is 526 g/mol. The van der Waals surface area contributed by atoms with Crippen molar-refractivity contribution in [2.75, 3.05) is 11.5 Å². The molecule has 1 aliphatic heterocycles. The van der Waals surface area contributed by atoms with Gasteiger partial charge in [0.15, 0.2) is 6.61 Å². The van der Waals surface area contributed by atoms with Crippen molar-refractivity contribution in [1.29, 1.82) is 0 Å². The number of ether oxygens (including phenoxy) is 1. The van der Waals surface area contributed by atoms with E-state index in [1.165, 1.54) is 22.6 Å². The van der Waals surface area contributed by atoms with Gasteiger partial charge < -0.3 is 4.74 Å². The molecular formula is C30H27N3O6. The number of anilines is 1. The first-order chi connectivity index (χ1) is 18.9. The summed E-state index contributed by atoms with van der Waals surface area (Å²) in [4.78, 5) is 64.4. The number of nitrogens with zero attached hydrogens (tertiary/aromatic N) is 1. The Balaban J connectivity index is 1.19. The number of amides is 4. The second-order valence-corrected chi connectivity index (χ2v) is 9.64. The van der Waals surface area contributed by atoms with E-state index < -0.39 is 30.3 Å². The Morgan fingerprint density at radius 2 is 1.44 bits per heavy atom. The lowest BCUT2D eigenvalue weighted by Gasteiger charge is -2.28. The molecule has 0 bridgehead atoms. The van der Waals surface area contributed by atoms with Gasteiger partial charge in [-0.25, -0.2) is 4.79 Å². The molecule has 1 saturated heterocycles. The molecule has 1 aliphatic carbocycles. The van der Waals surface area contributed by atoms with Gasteiger partial charge in [0.1, 0.15) is 0 Å². The van der Waals surface area contributed by atoms with E-state index >= 15 is 0 Å². The highest BCUT2D eigenvalue weighted by Crippen LogP contribution is 2.45. The number of benzene rings is 3. The summed E-state index contributed by atoms with van der Waals surface area (Å²) in [6.07, 6.45) is 2.06. The van der Waals surface area contributed by atoms with Gasteiger partial charge in [-0.1, -0.05) is 54.6 Å². The molecule has 0 spiro atoms. The summed E-state index contributed by atoms with van der Waals surface area (Å²) >= 11 is 0. The second-order valence-electron chi connectivity index (χ2n) is 9.64. The Labute approximate surface area is 225 Å². The average Bonchev–Trinajstić information content (AvgIpc) is 3.24. The zero-order valence-electron chi connectivity index (χ0n) is 21.0. The van der Waals surface area contributed by atoms with E-state index in [9.17, 15) is 24.0 Å². The van der Waals surface area contributed by atoms with Gasteiger partial charge in [-0.15, -0.1) is 0 Å². The topological polar surface area (TPSA) is 122 Å². The summed E-state index contributed by atoms with van der Waals surface area (Å²) in [7, 11) is 0. The molecule has 0 radical (unpaired) electrons. The van der Waals surface area contributed by atoms with Crippen molar-refractivity contribution in [2.24, 2.45) is 11.8 Å². The fraction of sp³-hybridized carbons (Fsp3) is 0.233. The lowest BCUT2D eigenvalue weighted by atomic mass is 9.73. The van der Waals surface area contributed by atoms with Gasteiger partial charge in [-0.3, -0.25) is 34.9 Å². The molecule has 39 heavy (non-hydrogen) atoms. The van der Waals surface area contributed by atoms with E-state index in [2.05, 4.69) is 23.0 Å². The number of hydrazine groups is 1. The van der Waals surface area contributed by atoms with Crippen LogP contribution in [0.5, 0.6) is 0 Å². The summed E-state index contributed by atoms with van der Waals surface area (Å²) in [5.41, 5.74) is 6.34. The Morgan fingerprint density at radius 1 is 0.769 bits per heavy atom.